The number of carbonyl (C=O) groups excluding carboxylic acids is 3. The first kappa shape index (κ1) is 30.2. The third-order valence-electron chi connectivity index (χ3n) is 6.63. The molecule has 0 unspecified atom stereocenters. The monoisotopic (exact) mass is 550 g/mol. The van der Waals surface area contributed by atoms with Crippen LogP contribution < -0.4 is 20.1 Å². The number of hydrogen-bond acceptors (Lipinski definition) is 7. The highest BCUT2D eigenvalue weighted by atomic mass is 16.5. The third-order valence-corrected chi connectivity index (χ3v) is 6.63. The van der Waals surface area contributed by atoms with Crippen molar-refractivity contribution in [2.75, 3.05) is 19.5 Å². The van der Waals surface area contributed by atoms with Crippen LogP contribution in [0.1, 0.15) is 63.0 Å². The van der Waals surface area contributed by atoms with E-state index in [9.17, 15) is 14.4 Å². The number of nitrogens with zero attached hydrogens (tertiary/aromatic N) is 2. The van der Waals surface area contributed by atoms with E-state index in [0.29, 0.717) is 29.2 Å². The van der Waals surface area contributed by atoms with Crippen LogP contribution in [0.2, 0.25) is 0 Å². The number of ether oxygens (including phenoxy) is 2. The molecule has 0 spiro atoms. The number of anilines is 1. The van der Waals surface area contributed by atoms with E-state index < -0.39 is 11.6 Å². The molecule has 1 atom stereocenters. The summed E-state index contributed by atoms with van der Waals surface area (Å²) >= 11 is 0. The summed E-state index contributed by atoms with van der Waals surface area (Å²) in [5.41, 5.74) is 0.930. The molecule has 3 amide bonds. The summed E-state index contributed by atoms with van der Waals surface area (Å²) in [7, 11) is 3.14. The maximum atomic E-state index is 13.8. The fourth-order valence-electron chi connectivity index (χ4n) is 4.00. The molecule has 0 saturated carbocycles. The van der Waals surface area contributed by atoms with E-state index in [1.807, 2.05) is 32.9 Å². The van der Waals surface area contributed by atoms with Crippen LogP contribution >= 0.6 is 0 Å². The van der Waals surface area contributed by atoms with Gasteiger partial charge in [-0.25, -0.2) is 0 Å². The molecule has 0 fully saturated rings. The van der Waals surface area contributed by atoms with Gasteiger partial charge in [0.15, 0.2) is 5.82 Å². The van der Waals surface area contributed by atoms with E-state index in [4.69, 9.17) is 14.0 Å². The zero-order chi connectivity index (χ0) is 29.3. The lowest BCUT2D eigenvalue weighted by atomic mass is 9.98. The van der Waals surface area contributed by atoms with Crippen LogP contribution in [-0.2, 0) is 20.9 Å². The lowest BCUT2D eigenvalue weighted by Crippen LogP contribution is -2.50. The van der Waals surface area contributed by atoms with Crippen molar-refractivity contribution in [1.82, 2.24) is 15.4 Å². The Morgan fingerprint density at radius 2 is 1.57 bits per heavy atom. The first-order valence-corrected chi connectivity index (χ1v) is 13.2. The van der Waals surface area contributed by atoms with Crippen LogP contribution in [0.15, 0.2) is 59.1 Å². The van der Waals surface area contributed by atoms with Gasteiger partial charge in [0.05, 0.1) is 14.2 Å². The van der Waals surface area contributed by atoms with Gasteiger partial charge in [-0.05, 0) is 62.6 Å². The van der Waals surface area contributed by atoms with E-state index in [0.717, 1.165) is 5.56 Å². The first-order valence-electron chi connectivity index (χ1n) is 13.2. The summed E-state index contributed by atoms with van der Waals surface area (Å²) in [5, 5.41) is 9.48. The fourth-order valence-corrected chi connectivity index (χ4v) is 4.00. The topological polar surface area (TPSA) is 123 Å². The van der Waals surface area contributed by atoms with Crippen molar-refractivity contribution in [2.24, 2.45) is 0 Å². The van der Waals surface area contributed by atoms with Crippen molar-refractivity contribution in [3.8, 4) is 11.5 Å². The van der Waals surface area contributed by atoms with Crippen molar-refractivity contribution < 1.29 is 28.4 Å². The van der Waals surface area contributed by atoms with Crippen molar-refractivity contribution in [1.29, 1.82) is 0 Å². The number of amides is 3. The summed E-state index contributed by atoms with van der Waals surface area (Å²) in [5.74, 6) is 1.08. The molecular weight excluding hydrogens is 512 g/mol. The zero-order valence-electron chi connectivity index (χ0n) is 23.9. The molecule has 3 aromatic rings. The summed E-state index contributed by atoms with van der Waals surface area (Å²) in [6, 6.07) is 15.0. The van der Waals surface area contributed by atoms with E-state index in [1.165, 1.54) is 4.90 Å². The minimum Gasteiger partial charge on any atom is -0.497 e. The summed E-state index contributed by atoms with van der Waals surface area (Å²) < 4.78 is 15.5. The predicted octanol–water partition coefficient (Wildman–Crippen LogP) is 4.79. The number of methoxy groups -OCH3 is 2. The van der Waals surface area contributed by atoms with Crippen LogP contribution in [0.3, 0.4) is 0 Å². The predicted molar refractivity (Wildman–Crippen MR) is 151 cm³/mol. The Bertz CT molecular complexity index is 1280. The van der Waals surface area contributed by atoms with Gasteiger partial charge in [0.1, 0.15) is 23.3 Å². The Morgan fingerprint density at radius 1 is 0.975 bits per heavy atom. The van der Waals surface area contributed by atoms with Crippen LogP contribution in [0.4, 0.5) is 5.82 Å². The zero-order valence-corrected chi connectivity index (χ0v) is 23.9. The quantitative estimate of drug-likeness (QED) is 0.314. The summed E-state index contributed by atoms with van der Waals surface area (Å²) in [6.07, 6.45) is 0.485. The first-order chi connectivity index (χ1) is 19.0. The minimum absolute atomic E-state index is 0.0960. The molecule has 0 aliphatic carbocycles. The molecule has 2 aromatic carbocycles. The highest BCUT2D eigenvalue weighted by Crippen LogP contribution is 2.28. The normalized spacial score (nSPS) is 11.8. The molecule has 0 radical (unpaired) electrons. The molecule has 214 valence electrons. The molecule has 40 heavy (non-hydrogen) atoms. The van der Waals surface area contributed by atoms with E-state index in [1.54, 1.807) is 63.6 Å². The van der Waals surface area contributed by atoms with E-state index in [-0.39, 0.29) is 42.9 Å². The number of aryl methyl sites for hydroxylation is 1. The Morgan fingerprint density at radius 3 is 2.10 bits per heavy atom. The van der Waals surface area contributed by atoms with Crippen LogP contribution in [0.25, 0.3) is 0 Å². The van der Waals surface area contributed by atoms with Gasteiger partial charge in [0.25, 0.3) is 0 Å². The molecule has 0 saturated heterocycles. The number of hydrogen-bond donors (Lipinski definition) is 2. The van der Waals surface area contributed by atoms with E-state index >= 15 is 0 Å². The van der Waals surface area contributed by atoms with Gasteiger partial charge < -0.3 is 29.5 Å². The van der Waals surface area contributed by atoms with Crippen molar-refractivity contribution in [3.05, 3.63) is 71.5 Å². The molecular formula is C30H38N4O6. The van der Waals surface area contributed by atoms with Crippen LogP contribution in [0.5, 0.6) is 11.5 Å². The van der Waals surface area contributed by atoms with E-state index in [2.05, 4.69) is 15.8 Å². The molecule has 0 aliphatic heterocycles. The second kappa shape index (κ2) is 13.6. The van der Waals surface area contributed by atoms with Gasteiger partial charge in [-0.1, -0.05) is 36.3 Å². The minimum atomic E-state index is -0.951. The Kier molecular flexibility index (Phi) is 10.3. The molecule has 2 N–H and O–H groups in total. The number of aromatic nitrogens is 1. The standard InChI is InChI=1S/C30H38N4O6/c1-7-30(3,4)32-29(37)28(22-10-14-24(39-6)15-11-22)34(19-21-8-12-23(38-5)13-9-21)27(36)17-16-26(35)31-25-18-20(2)40-33-25/h8-15,18,28H,7,16-17,19H2,1-6H3,(H,32,37)(H,31,33,35)/t28-/m1/s1. The Balaban J connectivity index is 1.94. The summed E-state index contributed by atoms with van der Waals surface area (Å²) in [6.45, 7) is 7.71. The second-order valence-corrected chi connectivity index (χ2v) is 10.1. The Hall–Kier alpha value is -4.34. The van der Waals surface area contributed by atoms with Gasteiger partial charge in [0, 0.05) is 31.0 Å². The van der Waals surface area contributed by atoms with Gasteiger partial charge in [-0.15, -0.1) is 0 Å². The molecule has 10 nitrogen and oxygen atoms in total. The molecule has 3 rings (SSSR count). The van der Waals surface area contributed by atoms with Crippen LogP contribution in [0, 0.1) is 6.92 Å². The SMILES string of the molecule is CCC(C)(C)NC(=O)[C@@H](c1ccc(OC)cc1)N(Cc1ccc(OC)cc1)C(=O)CCC(=O)Nc1cc(C)on1. The lowest BCUT2D eigenvalue weighted by Gasteiger charge is -2.35. The van der Waals surface area contributed by atoms with Crippen molar-refractivity contribution in [2.45, 2.75) is 65.1 Å². The fraction of sp³-hybridized carbons (Fsp3) is 0.400. The maximum absolute atomic E-state index is 13.8. The largest absolute Gasteiger partial charge is 0.497 e. The molecule has 0 aliphatic rings. The number of carbonyl (C=O) groups is 3. The second-order valence-electron chi connectivity index (χ2n) is 10.1. The average Bonchev–Trinajstić information content (AvgIpc) is 3.35. The lowest BCUT2D eigenvalue weighted by molar-refractivity contribution is -0.142. The molecule has 10 heteroatoms. The van der Waals surface area contributed by atoms with Gasteiger partial charge in [-0.2, -0.15) is 0 Å². The van der Waals surface area contributed by atoms with Gasteiger partial charge >= 0.3 is 0 Å². The average molecular weight is 551 g/mol. The molecule has 1 aromatic heterocycles. The van der Waals surface area contributed by atoms with Crippen molar-refractivity contribution >= 4 is 23.5 Å². The van der Waals surface area contributed by atoms with Crippen molar-refractivity contribution in [3.63, 3.8) is 0 Å². The number of rotatable bonds is 13. The third kappa shape index (κ3) is 8.33. The van der Waals surface area contributed by atoms with Gasteiger partial charge in [0.2, 0.25) is 17.7 Å². The molecule has 1 heterocycles. The Labute approximate surface area is 235 Å². The van der Waals surface area contributed by atoms with Crippen LogP contribution in [-0.4, -0.2) is 47.5 Å². The van der Waals surface area contributed by atoms with Gasteiger partial charge in [-0.3, -0.25) is 14.4 Å². The summed E-state index contributed by atoms with van der Waals surface area (Å²) in [4.78, 5) is 41.7. The maximum Gasteiger partial charge on any atom is 0.247 e. The smallest absolute Gasteiger partial charge is 0.247 e. The number of benzene rings is 2. The number of nitrogens with one attached hydrogen (secondary N) is 2. The highest BCUT2D eigenvalue weighted by molar-refractivity contribution is 5.94. The highest BCUT2D eigenvalue weighted by Gasteiger charge is 2.34. The molecule has 0 bridgehead atoms.